The Hall–Kier alpha value is -1.19. The second kappa shape index (κ2) is 6.12. The fraction of sp³-hybridized carbons (Fsp3) is 0.308. The minimum atomic E-state index is 0.629. The SMILES string of the molecule is CCCn1nccc1CNc1ccc(Cl)cc1Cl. The highest BCUT2D eigenvalue weighted by Gasteiger charge is 2.04. The molecule has 1 heterocycles. The average molecular weight is 284 g/mol. The third kappa shape index (κ3) is 3.18. The van der Waals surface area contributed by atoms with Crippen LogP contribution in [0.25, 0.3) is 0 Å². The second-order valence-corrected chi connectivity index (χ2v) is 4.87. The van der Waals surface area contributed by atoms with E-state index in [1.165, 1.54) is 0 Å². The first-order chi connectivity index (χ1) is 8.70. The van der Waals surface area contributed by atoms with Gasteiger partial charge in [-0.3, -0.25) is 4.68 Å². The van der Waals surface area contributed by atoms with E-state index in [0.717, 1.165) is 24.3 Å². The fourth-order valence-electron chi connectivity index (χ4n) is 1.74. The molecule has 0 amide bonds. The third-order valence-corrected chi connectivity index (χ3v) is 3.18. The summed E-state index contributed by atoms with van der Waals surface area (Å²) in [7, 11) is 0. The predicted octanol–water partition coefficient (Wildman–Crippen LogP) is 4.21. The van der Waals surface area contributed by atoms with Crippen LogP contribution in [0.4, 0.5) is 5.69 Å². The molecule has 0 spiro atoms. The monoisotopic (exact) mass is 283 g/mol. The zero-order valence-electron chi connectivity index (χ0n) is 10.2. The van der Waals surface area contributed by atoms with E-state index in [2.05, 4.69) is 17.3 Å². The van der Waals surface area contributed by atoms with E-state index in [-0.39, 0.29) is 0 Å². The zero-order valence-corrected chi connectivity index (χ0v) is 11.7. The Morgan fingerprint density at radius 2 is 2.11 bits per heavy atom. The quantitative estimate of drug-likeness (QED) is 0.891. The highest BCUT2D eigenvalue weighted by atomic mass is 35.5. The minimum Gasteiger partial charge on any atom is -0.378 e. The summed E-state index contributed by atoms with van der Waals surface area (Å²) in [5.41, 5.74) is 2.02. The molecule has 96 valence electrons. The molecule has 0 aliphatic heterocycles. The summed E-state index contributed by atoms with van der Waals surface area (Å²) in [4.78, 5) is 0. The molecule has 18 heavy (non-hydrogen) atoms. The van der Waals surface area contributed by atoms with Crippen molar-refractivity contribution in [2.75, 3.05) is 5.32 Å². The Kier molecular flexibility index (Phi) is 4.50. The van der Waals surface area contributed by atoms with Crippen LogP contribution in [-0.4, -0.2) is 9.78 Å². The molecule has 0 fully saturated rings. The molecule has 0 bridgehead atoms. The maximum atomic E-state index is 6.10. The van der Waals surface area contributed by atoms with Crippen LogP contribution in [-0.2, 0) is 13.1 Å². The van der Waals surface area contributed by atoms with Crippen molar-refractivity contribution in [2.24, 2.45) is 0 Å². The number of nitrogens with one attached hydrogen (secondary N) is 1. The van der Waals surface area contributed by atoms with E-state index in [9.17, 15) is 0 Å². The number of benzene rings is 1. The van der Waals surface area contributed by atoms with E-state index in [4.69, 9.17) is 23.2 Å². The first-order valence-electron chi connectivity index (χ1n) is 5.90. The van der Waals surface area contributed by atoms with Crippen LogP contribution in [0.5, 0.6) is 0 Å². The topological polar surface area (TPSA) is 29.9 Å². The normalized spacial score (nSPS) is 10.6. The van der Waals surface area contributed by atoms with E-state index < -0.39 is 0 Å². The molecule has 2 rings (SSSR count). The predicted molar refractivity (Wildman–Crippen MR) is 76.3 cm³/mol. The van der Waals surface area contributed by atoms with Gasteiger partial charge in [-0.1, -0.05) is 30.1 Å². The summed E-state index contributed by atoms with van der Waals surface area (Å²) in [5.74, 6) is 0. The molecular formula is C13H15Cl2N3. The van der Waals surface area contributed by atoms with Gasteiger partial charge in [0, 0.05) is 17.8 Å². The molecule has 0 radical (unpaired) electrons. The number of hydrogen-bond donors (Lipinski definition) is 1. The van der Waals surface area contributed by atoms with Gasteiger partial charge in [-0.15, -0.1) is 0 Å². The highest BCUT2D eigenvalue weighted by molar-refractivity contribution is 6.36. The van der Waals surface area contributed by atoms with Gasteiger partial charge in [0.1, 0.15) is 0 Å². The molecule has 5 heteroatoms. The van der Waals surface area contributed by atoms with Gasteiger partial charge in [-0.2, -0.15) is 5.10 Å². The summed E-state index contributed by atoms with van der Waals surface area (Å²) in [5, 5.41) is 8.84. The summed E-state index contributed by atoms with van der Waals surface area (Å²) in [6.45, 7) is 3.76. The van der Waals surface area contributed by atoms with Crippen molar-refractivity contribution in [3.63, 3.8) is 0 Å². The van der Waals surface area contributed by atoms with Gasteiger partial charge in [0.15, 0.2) is 0 Å². The van der Waals surface area contributed by atoms with E-state index in [1.807, 2.05) is 29.1 Å². The Labute approximate surface area is 117 Å². The molecule has 1 aromatic carbocycles. The van der Waals surface area contributed by atoms with Crippen molar-refractivity contribution in [3.8, 4) is 0 Å². The lowest BCUT2D eigenvalue weighted by Crippen LogP contribution is -2.09. The highest BCUT2D eigenvalue weighted by Crippen LogP contribution is 2.25. The van der Waals surface area contributed by atoms with Crippen molar-refractivity contribution in [3.05, 3.63) is 46.2 Å². The standard InChI is InChI=1S/C13H15Cl2N3/c1-2-7-18-11(5-6-17-18)9-16-13-4-3-10(14)8-12(13)15/h3-6,8,16H,2,7,9H2,1H3. The van der Waals surface area contributed by atoms with Gasteiger partial charge in [-0.25, -0.2) is 0 Å². The molecule has 3 nitrogen and oxygen atoms in total. The van der Waals surface area contributed by atoms with Crippen LogP contribution in [0.15, 0.2) is 30.5 Å². The fourth-order valence-corrected chi connectivity index (χ4v) is 2.22. The van der Waals surface area contributed by atoms with Crippen molar-refractivity contribution < 1.29 is 0 Å². The number of rotatable bonds is 5. The van der Waals surface area contributed by atoms with Gasteiger partial charge < -0.3 is 5.32 Å². The van der Waals surface area contributed by atoms with Gasteiger partial charge in [0.2, 0.25) is 0 Å². The number of halogens is 2. The molecule has 0 aliphatic rings. The molecule has 1 N–H and O–H groups in total. The van der Waals surface area contributed by atoms with Crippen molar-refractivity contribution >= 4 is 28.9 Å². The first kappa shape index (κ1) is 13.2. The van der Waals surface area contributed by atoms with Gasteiger partial charge in [0.25, 0.3) is 0 Å². The largest absolute Gasteiger partial charge is 0.378 e. The summed E-state index contributed by atoms with van der Waals surface area (Å²) in [6.07, 6.45) is 2.88. The Balaban J connectivity index is 2.04. The third-order valence-electron chi connectivity index (χ3n) is 2.63. The number of hydrogen-bond acceptors (Lipinski definition) is 2. The molecule has 0 aliphatic carbocycles. The Morgan fingerprint density at radius 1 is 1.28 bits per heavy atom. The van der Waals surface area contributed by atoms with Crippen LogP contribution in [0.1, 0.15) is 19.0 Å². The van der Waals surface area contributed by atoms with Gasteiger partial charge in [0.05, 0.1) is 22.9 Å². The maximum absolute atomic E-state index is 6.10. The Bertz CT molecular complexity index is 523. The average Bonchev–Trinajstić information content (AvgIpc) is 2.76. The van der Waals surface area contributed by atoms with E-state index in [0.29, 0.717) is 16.6 Å². The van der Waals surface area contributed by atoms with Crippen LogP contribution in [0, 0.1) is 0 Å². The summed E-state index contributed by atoms with van der Waals surface area (Å²) >= 11 is 12.0. The smallest absolute Gasteiger partial charge is 0.0652 e. The molecular weight excluding hydrogens is 269 g/mol. The molecule has 0 unspecified atom stereocenters. The lowest BCUT2D eigenvalue weighted by Gasteiger charge is -2.10. The lowest BCUT2D eigenvalue weighted by molar-refractivity contribution is 0.578. The molecule has 0 atom stereocenters. The number of aryl methyl sites for hydroxylation is 1. The van der Waals surface area contributed by atoms with Crippen molar-refractivity contribution in [1.82, 2.24) is 9.78 Å². The lowest BCUT2D eigenvalue weighted by atomic mass is 10.3. The zero-order chi connectivity index (χ0) is 13.0. The van der Waals surface area contributed by atoms with E-state index >= 15 is 0 Å². The van der Waals surface area contributed by atoms with Crippen molar-refractivity contribution in [1.29, 1.82) is 0 Å². The molecule has 1 aromatic heterocycles. The van der Waals surface area contributed by atoms with Crippen LogP contribution in [0.2, 0.25) is 10.0 Å². The summed E-state index contributed by atoms with van der Waals surface area (Å²) in [6, 6.07) is 7.44. The maximum Gasteiger partial charge on any atom is 0.0652 e. The van der Waals surface area contributed by atoms with Crippen molar-refractivity contribution in [2.45, 2.75) is 26.4 Å². The summed E-state index contributed by atoms with van der Waals surface area (Å²) < 4.78 is 2.00. The number of nitrogens with zero attached hydrogens (tertiary/aromatic N) is 2. The van der Waals surface area contributed by atoms with E-state index in [1.54, 1.807) is 6.07 Å². The molecule has 0 saturated carbocycles. The molecule has 0 saturated heterocycles. The second-order valence-electron chi connectivity index (χ2n) is 4.02. The van der Waals surface area contributed by atoms with Crippen LogP contribution >= 0.6 is 23.2 Å². The van der Waals surface area contributed by atoms with Crippen LogP contribution < -0.4 is 5.32 Å². The Morgan fingerprint density at radius 3 is 2.83 bits per heavy atom. The van der Waals surface area contributed by atoms with Gasteiger partial charge >= 0.3 is 0 Å². The minimum absolute atomic E-state index is 0.629. The number of aromatic nitrogens is 2. The first-order valence-corrected chi connectivity index (χ1v) is 6.66. The van der Waals surface area contributed by atoms with Crippen LogP contribution in [0.3, 0.4) is 0 Å². The molecule has 2 aromatic rings. The number of anilines is 1. The van der Waals surface area contributed by atoms with Gasteiger partial charge in [-0.05, 0) is 30.7 Å².